The van der Waals surface area contributed by atoms with Crippen LogP contribution in [0.15, 0.2) is 23.0 Å². The summed E-state index contributed by atoms with van der Waals surface area (Å²) >= 11 is 0. The Hall–Kier alpha value is -1.09. The highest BCUT2D eigenvalue weighted by atomic mass is 16.5. The molecule has 2 atom stereocenters. The largest absolute Gasteiger partial charge is 0.501 e. The van der Waals surface area contributed by atoms with Gasteiger partial charge in [0.25, 0.3) is 0 Å². The van der Waals surface area contributed by atoms with Crippen molar-refractivity contribution >= 4 is 6.29 Å². The van der Waals surface area contributed by atoms with E-state index >= 15 is 0 Å². The molecule has 0 aromatic heterocycles. The molecule has 0 saturated heterocycles. The van der Waals surface area contributed by atoms with Crippen LogP contribution in [0.25, 0.3) is 0 Å². The van der Waals surface area contributed by atoms with Crippen molar-refractivity contribution in [1.82, 2.24) is 0 Å². The number of carbonyl (C=O) groups is 1. The molecule has 1 aliphatic carbocycles. The van der Waals surface area contributed by atoms with Gasteiger partial charge in [-0.3, -0.25) is 4.79 Å². The molecule has 3 nitrogen and oxygen atoms in total. The van der Waals surface area contributed by atoms with Crippen molar-refractivity contribution in [3.8, 4) is 0 Å². The van der Waals surface area contributed by atoms with Gasteiger partial charge in [0, 0.05) is 11.5 Å². The molecule has 0 bridgehead atoms. The minimum absolute atomic E-state index is 0.145. The number of hydrogen-bond acceptors (Lipinski definition) is 3. The predicted molar refractivity (Wildman–Crippen MR) is 49.0 cm³/mol. The third kappa shape index (κ3) is 1.65. The average Bonchev–Trinajstić information content (AvgIpc) is 2.12. The normalized spacial score (nSPS) is 28.5. The Morgan fingerprint density at radius 3 is 2.69 bits per heavy atom. The Morgan fingerprint density at radius 2 is 2.23 bits per heavy atom. The summed E-state index contributed by atoms with van der Waals surface area (Å²) in [6.07, 6.45) is 1.76. The minimum atomic E-state index is -0.738. The lowest BCUT2D eigenvalue weighted by molar-refractivity contribution is -0.106. The second-order valence-corrected chi connectivity index (χ2v) is 3.24. The van der Waals surface area contributed by atoms with E-state index in [1.54, 1.807) is 20.1 Å². The lowest BCUT2D eigenvalue weighted by atomic mass is 9.87. The highest BCUT2D eigenvalue weighted by Gasteiger charge is 2.27. The van der Waals surface area contributed by atoms with Crippen molar-refractivity contribution in [2.45, 2.75) is 20.0 Å². The number of rotatable bonds is 2. The number of hydrogen-bond donors (Lipinski definition) is 1. The van der Waals surface area contributed by atoms with Gasteiger partial charge in [-0.15, -0.1) is 0 Å². The van der Waals surface area contributed by atoms with Crippen molar-refractivity contribution < 1.29 is 14.6 Å². The van der Waals surface area contributed by atoms with Crippen molar-refractivity contribution in [1.29, 1.82) is 0 Å². The van der Waals surface area contributed by atoms with E-state index in [1.807, 2.05) is 6.92 Å². The Kier molecular flexibility index (Phi) is 2.88. The van der Waals surface area contributed by atoms with Gasteiger partial charge < -0.3 is 9.84 Å². The van der Waals surface area contributed by atoms with E-state index < -0.39 is 6.10 Å². The van der Waals surface area contributed by atoms with Gasteiger partial charge in [-0.25, -0.2) is 0 Å². The van der Waals surface area contributed by atoms with Crippen LogP contribution in [0.1, 0.15) is 13.8 Å². The van der Waals surface area contributed by atoms with E-state index in [-0.39, 0.29) is 5.92 Å². The van der Waals surface area contributed by atoms with Crippen LogP contribution in [0, 0.1) is 5.92 Å². The predicted octanol–water partition coefficient (Wildman–Crippen LogP) is 1.04. The molecule has 3 heteroatoms. The lowest BCUT2D eigenvalue weighted by Gasteiger charge is -2.26. The van der Waals surface area contributed by atoms with Crippen LogP contribution in [0.3, 0.4) is 0 Å². The highest BCUT2D eigenvalue weighted by Crippen LogP contribution is 2.28. The fraction of sp³-hybridized carbons (Fsp3) is 0.500. The van der Waals surface area contributed by atoms with Gasteiger partial charge in [-0.05, 0) is 18.6 Å². The number of aliphatic hydroxyl groups is 1. The van der Waals surface area contributed by atoms with Gasteiger partial charge in [0.2, 0.25) is 0 Å². The van der Waals surface area contributed by atoms with Crippen molar-refractivity contribution in [3.63, 3.8) is 0 Å². The first kappa shape index (κ1) is 9.99. The molecule has 0 aromatic rings. The molecule has 0 spiro atoms. The molecule has 1 aliphatic rings. The van der Waals surface area contributed by atoms with Gasteiger partial charge in [0.05, 0.1) is 13.2 Å². The van der Waals surface area contributed by atoms with Gasteiger partial charge >= 0.3 is 0 Å². The molecule has 1 N–H and O–H groups in total. The zero-order valence-electron chi connectivity index (χ0n) is 8.07. The fourth-order valence-electron chi connectivity index (χ4n) is 1.49. The summed E-state index contributed by atoms with van der Waals surface area (Å²) in [7, 11) is 1.56. The topological polar surface area (TPSA) is 46.5 Å². The molecular weight excluding hydrogens is 168 g/mol. The zero-order chi connectivity index (χ0) is 10.0. The first-order valence-electron chi connectivity index (χ1n) is 4.21. The van der Waals surface area contributed by atoms with Crippen molar-refractivity contribution in [3.05, 3.63) is 23.0 Å². The number of aldehydes is 1. The highest BCUT2D eigenvalue weighted by molar-refractivity contribution is 5.78. The second kappa shape index (κ2) is 3.75. The summed E-state index contributed by atoms with van der Waals surface area (Å²) in [5.41, 5.74) is 1.23. The Balaban J connectivity index is 3.09. The van der Waals surface area contributed by atoms with Crippen LogP contribution < -0.4 is 0 Å². The van der Waals surface area contributed by atoms with Crippen molar-refractivity contribution in [2.75, 3.05) is 7.11 Å². The minimum Gasteiger partial charge on any atom is -0.501 e. The number of aliphatic hydroxyl groups excluding tert-OH is 1. The van der Waals surface area contributed by atoms with Crippen LogP contribution in [0.4, 0.5) is 0 Å². The Bertz CT molecular complexity index is 276. The molecule has 0 amide bonds. The van der Waals surface area contributed by atoms with Gasteiger partial charge in [0.1, 0.15) is 12.0 Å². The van der Waals surface area contributed by atoms with Crippen LogP contribution in [-0.4, -0.2) is 24.6 Å². The molecule has 0 saturated carbocycles. The number of carbonyl (C=O) groups excluding carboxylic acids is 1. The summed E-state index contributed by atoms with van der Waals surface area (Å²) in [5, 5.41) is 9.70. The molecule has 0 fully saturated rings. The third-order valence-electron chi connectivity index (χ3n) is 2.42. The SMILES string of the molecule is COC1=CC(C)=C(C=O)C(O)[C@H]1C. The lowest BCUT2D eigenvalue weighted by Crippen LogP contribution is -2.27. The summed E-state index contributed by atoms with van der Waals surface area (Å²) in [6.45, 7) is 3.62. The molecule has 72 valence electrons. The Morgan fingerprint density at radius 1 is 1.62 bits per heavy atom. The summed E-state index contributed by atoms with van der Waals surface area (Å²) in [4.78, 5) is 10.6. The van der Waals surface area contributed by atoms with E-state index in [0.717, 1.165) is 11.3 Å². The van der Waals surface area contributed by atoms with Crippen LogP contribution in [0.5, 0.6) is 0 Å². The standard InChI is InChI=1S/C10H14O3/c1-6-4-9(13-3)7(2)10(12)8(6)5-11/h4-5,7,10,12H,1-3H3/t7-,10?/m0/s1. The summed E-state index contributed by atoms with van der Waals surface area (Å²) in [6, 6.07) is 0. The van der Waals surface area contributed by atoms with Gasteiger partial charge in [-0.2, -0.15) is 0 Å². The van der Waals surface area contributed by atoms with E-state index in [4.69, 9.17) is 4.74 Å². The molecule has 0 radical (unpaired) electrons. The number of allylic oxidation sites excluding steroid dienone is 2. The number of ether oxygens (including phenoxy) is 1. The molecule has 1 rings (SSSR count). The second-order valence-electron chi connectivity index (χ2n) is 3.24. The molecule has 13 heavy (non-hydrogen) atoms. The monoisotopic (exact) mass is 182 g/mol. The van der Waals surface area contributed by atoms with Gasteiger partial charge in [0.15, 0.2) is 0 Å². The first-order chi connectivity index (χ1) is 6.11. The average molecular weight is 182 g/mol. The van der Waals surface area contributed by atoms with E-state index in [0.29, 0.717) is 11.9 Å². The van der Waals surface area contributed by atoms with Crippen LogP contribution >= 0.6 is 0 Å². The first-order valence-corrected chi connectivity index (χ1v) is 4.21. The van der Waals surface area contributed by atoms with Crippen LogP contribution in [-0.2, 0) is 9.53 Å². The third-order valence-corrected chi connectivity index (χ3v) is 2.42. The maximum atomic E-state index is 10.6. The Labute approximate surface area is 77.7 Å². The smallest absolute Gasteiger partial charge is 0.148 e. The molecule has 0 aromatic carbocycles. The van der Waals surface area contributed by atoms with Crippen molar-refractivity contribution in [2.24, 2.45) is 5.92 Å². The number of methoxy groups -OCH3 is 1. The van der Waals surface area contributed by atoms with E-state index in [9.17, 15) is 9.90 Å². The maximum absolute atomic E-state index is 10.6. The zero-order valence-corrected chi connectivity index (χ0v) is 8.07. The molecular formula is C10H14O3. The molecule has 0 heterocycles. The quantitative estimate of drug-likeness (QED) is 0.649. The fourth-order valence-corrected chi connectivity index (χ4v) is 1.49. The molecule has 0 aliphatic heterocycles. The van der Waals surface area contributed by atoms with Crippen LogP contribution in [0.2, 0.25) is 0 Å². The van der Waals surface area contributed by atoms with E-state index in [2.05, 4.69) is 0 Å². The summed E-state index contributed by atoms with van der Waals surface area (Å²) < 4.78 is 5.09. The maximum Gasteiger partial charge on any atom is 0.148 e. The molecule has 1 unspecified atom stereocenters. The summed E-state index contributed by atoms with van der Waals surface area (Å²) in [5.74, 6) is 0.574. The van der Waals surface area contributed by atoms with E-state index in [1.165, 1.54) is 0 Å². The van der Waals surface area contributed by atoms with Gasteiger partial charge in [-0.1, -0.05) is 6.92 Å².